The quantitative estimate of drug-likeness (QED) is 0.443. The molecule has 4 nitrogen and oxygen atoms in total. The molecule has 2 N–H and O–H groups in total. The standard InChI is InChI=1S/C7H9N3O/c1-10-5-3-2-4-6(10)7(11)9-8/h2-5,8,11H,1H3/b7-6-,9-8?. The molecule has 0 atom stereocenters. The fourth-order valence-electron chi connectivity index (χ4n) is 0.813. The number of nitrogens with zero attached hydrogens (tertiary/aromatic N) is 2. The van der Waals surface area contributed by atoms with Gasteiger partial charge in [0.15, 0.2) is 0 Å². The van der Waals surface area contributed by atoms with E-state index >= 15 is 0 Å². The summed E-state index contributed by atoms with van der Waals surface area (Å²) in [6, 6.07) is 0. The van der Waals surface area contributed by atoms with E-state index < -0.39 is 0 Å². The van der Waals surface area contributed by atoms with Crippen molar-refractivity contribution in [2.45, 2.75) is 0 Å². The predicted molar refractivity (Wildman–Crippen MR) is 40.8 cm³/mol. The van der Waals surface area contributed by atoms with Crippen LogP contribution in [-0.4, -0.2) is 17.1 Å². The Bertz CT molecular complexity index is 252. The van der Waals surface area contributed by atoms with E-state index in [1.807, 2.05) is 6.08 Å². The van der Waals surface area contributed by atoms with Gasteiger partial charge in [0.1, 0.15) is 5.70 Å². The maximum absolute atomic E-state index is 9.05. The molecule has 0 saturated carbocycles. The minimum atomic E-state index is -0.270. The lowest BCUT2D eigenvalue weighted by Gasteiger charge is -2.16. The van der Waals surface area contributed by atoms with Crippen LogP contribution in [-0.2, 0) is 0 Å². The Morgan fingerprint density at radius 3 is 2.91 bits per heavy atom. The van der Waals surface area contributed by atoms with Gasteiger partial charge >= 0.3 is 0 Å². The molecule has 0 saturated heterocycles. The van der Waals surface area contributed by atoms with E-state index in [1.165, 1.54) is 0 Å². The normalized spacial score (nSPS) is 20.3. The smallest absolute Gasteiger partial charge is 0.254 e. The summed E-state index contributed by atoms with van der Waals surface area (Å²) in [5.74, 6) is -0.270. The molecular weight excluding hydrogens is 142 g/mol. The van der Waals surface area contributed by atoms with Crippen molar-refractivity contribution in [2.75, 3.05) is 7.05 Å². The summed E-state index contributed by atoms with van der Waals surface area (Å²) >= 11 is 0. The number of allylic oxidation sites excluding steroid dienone is 3. The van der Waals surface area contributed by atoms with Gasteiger partial charge in [-0.2, -0.15) is 0 Å². The number of nitrogens with one attached hydrogen (secondary N) is 1. The molecule has 0 fully saturated rings. The van der Waals surface area contributed by atoms with Crippen LogP contribution in [0.15, 0.2) is 41.1 Å². The topological polar surface area (TPSA) is 59.7 Å². The number of hydrogen-bond donors (Lipinski definition) is 2. The average Bonchev–Trinajstić information content (AvgIpc) is 2.04. The maximum atomic E-state index is 9.05. The molecule has 4 heteroatoms. The first-order chi connectivity index (χ1) is 5.25. The Kier molecular flexibility index (Phi) is 2.06. The van der Waals surface area contributed by atoms with E-state index in [1.54, 1.807) is 30.3 Å². The molecule has 0 aromatic carbocycles. The zero-order valence-corrected chi connectivity index (χ0v) is 6.15. The van der Waals surface area contributed by atoms with Crippen LogP contribution < -0.4 is 0 Å². The fraction of sp³-hybridized carbons (Fsp3) is 0.143. The van der Waals surface area contributed by atoms with E-state index in [-0.39, 0.29) is 5.88 Å². The molecule has 1 aliphatic rings. The summed E-state index contributed by atoms with van der Waals surface area (Å²) in [5.41, 5.74) is 7.10. The second-order valence-electron chi connectivity index (χ2n) is 2.13. The molecule has 1 heterocycles. The van der Waals surface area contributed by atoms with Gasteiger partial charge < -0.3 is 10.0 Å². The predicted octanol–water partition coefficient (Wildman–Crippen LogP) is 1.76. The zero-order valence-electron chi connectivity index (χ0n) is 6.15. The van der Waals surface area contributed by atoms with E-state index in [2.05, 4.69) is 5.11 Å². The second kappa shape index (κ2) is 3.01. The van der Waals surface area contributed by atoms with Crippen LogP contribution in [0.25, 0.3) is 0 Å². The molecule has 0 aromatic rings. The Morgan fingerprint density at radius 1 is 1.64 bits per heavy atom. The highest BCUT2D eigenvalue weighted by molar-refractivity contribution is 5.28. The van der Waals surface area contributed by atoms with Crippen LogP contribution in [0.3, 0.4) is 0 Å². The minimum absolute atomic E-state index is 0.270. The van der Waals surface area contributed by atoms with Crippen molar-refractivity contribution >= 4 is 0 Å². The number of hydrogen-bond acceptors (Lipinski definition) is 4. The third-order valence-corrected chi connectivity index (χ3v) is 1.39. The van der Waals surface area contributed by atoms with Gasteiger partial charge in [-0.25, -0.2) is 5.53 Å². The average molecular weight is 151 g/mol. The summed E-state index contributed by atoms with van der Waals surface area (Å²) in [6.45, 7) is 0. The first kappa shape index (κ1) is 7.53. The van der Waals surface area contributed by atoms with Crippen molar-refractivity contribution in [2.24, 2.45) is 5.11 Å². The van der Waals surface area contributed by atoms with Crippen molar-refractivity contribution in [3.05, 3.63) is 36.0 Å². The first-order valence-electron chi connectivity index (χ1n) is 3.14. The van der Waals surface area contributed by atoms with Crippen molar-refractivity contribution in [3.63, 3.8) is 0 Å². The molecule has 0 aliphatic carbocycles. The summed E-state index contributed by atoms with van der Waals surface area (Å²) < 4.78 is 0. The summed E-state index contributed by atoms with van der Waals surface area (Å²) in [7, 11) is 1.77. The van der Waals surface area contributed by atoms with Crippen LogP contribution in [0.5, 0.6) is 0 Å². The largest absolute Gasteiger partial charge is 0.491 e. The Labute approximate surface area is 64.6 Å². The van der Waals surface area contributed by atoms with Crippen LogP contribution in [0.4, 0.5) is 0 Å². The maximum Gasteiger partial charge on any atom is 0.254 e. The number of likely N-dealkylation sites (N-methyl/N-ethyl adjacent to an activating group) is 1. The van der Waals surface area contributed by atoms with Gasteiger partial charge in [0.2, 0.25) is 0 Å². The highest BCUT2D eigenvalue weighted by atomic mass is 16.3. The van der Waals surface area contributed by atoms with Crippen molar-refractivity contribution in [1.82, 2.24) is 4.90 Å². The molecule has 1 rings (SSSR count). The van der Waals surface area contributed by atoms with Gasteiger partial charge in [-0.3, -0.25) is 0 Å². The van der Waals surface area contributed by atoms with E-state index in [0.717, 1.165) is 0 Å². The minimum Gasteiger partial charge on any atom is -0.491 e. The lowest BCUT2D eigenvalue weighted by atomic mass is 10.3. The summed E-state index contributed by atoms with van der Waals surface area (Å²) in [6.07, 6.45) is 7.07. The van der Waals surface area contributed by atoms with Gasteiger partial charge in [0, 0.05) is 13.2 Å². The van der Waals surface area contributed by atoms with Gasteiger partial charge in [-0.15, -0.1) is 5.11 Å². The number of aliphatic hydroxyl groups is 1. The number of aliphatic hydroxyl groups excluding tert-OH is 1. The fourth-order valence-corrected chi connectivity index (χ4v) is 0.813. The summed E-state index contributed by atoms with van der Waals surface area (Å²) in [4.78, 5) is 1.69. The molecule has 0 amide bonds. The first-order valence-corrected chi connectivity index (χ1v) is 3.14. The monoisotopic (exact) mass is 151 g/mol. The van der Waals surface area contributed by atoms with Crippen LogP contribution >= 0.6 is 0 Å². The lowest BCUT2D eigenvalue weighted by Crippen LogP contribution is -2.12. The van der Waals surface area contributed by atoms with Crippen molar-refractivity contribution in [3.8, 4) is 0 Å². The molecule has 11 heavy (non-hydrogen) atoms. The van der Waals surface area contributed by atoms with E-state index in [0.29, 0.717) is 5.70 Å². The SMILES string of the molecule is CN1C=CC=C/C1=C(/O)N=N. The molecule has 0 radical (unpaired) electrons. The lowest BCUT2D eigenvalue weighted by molar-refractivity contribution is 0.369. The van der Waals surface area contributed by atoms with Crippen LogP contribution in [0.1, 0.15) is 0 Å². The van der Waals surface area contributed by atoms with E-state index in [4.69, 9.17) is 10.6 Å². The Morgan fingerprint density at radius 2 is 2.36 bits per heavy atom. The van der Waals surface area contributed by atoms with Crippen LogP contribution in [0, 0.1) is 5.53 Å². The third kappa shape index (κ3) is 1.46. The van der Waals surface area contributed by atoms with E-state index in [9.17, 15) is 0 Å². The third-order valence-electron chi connectivity index (χ3n) is 1.39. The van der Waals surface area contributed by atoms with Crippen molar-refractivity contribution < 1.29 is 5.11 Å². The van der Waals surface area contributed by atoms with Crippen molar-refractivity contribution in [1.29, 1.82) is 5.53 Å². The highest BCUT2D eigenvalue weighted by Crippen LogP contribution is 2.13. The zero-order chi connectivity index (χ0) is 8.27. The van der Waals surface area contributed by atoms with Gasteiger partial charge in [0.05, 0.1) is 0 Å². The van der Waals surface area contributed by atoms with Gasteiger partial charge in [-0.05, 0) is 12.2 Å². The number of rotatable bonds is 1. The Balaban J connectivity index is 2.97. The Hall–Kier alpha value is -1.58. The molecule has 0 spiro atoms. The molecule has 0 unspecified atom stereocenters. The molecule has 1 aliphatic heterocycles. The molecule has 58 valence electrons. The van der Waals surface area contributed by atoms with Crippen LogP contribution in [0.2, 0.25) is 0 Å². The molecule has 0 bridgehead atoms. The molecular formula is C7H9N3O. The van der Waals surface area contributed by atoms with Gasteiger partial charge in [0.25, 0.3) is 5.88 Å². The molecule has 0 aromatic heterocycles. The highest BCUT2D eigenvalue weighted by Gasteiger charge is 2.06. The summed E-state index contributed by atoms with van der Waals surface area (Å²) in [5, 5.41) is 12.0. The second-order valence-corrected chi connectivity index (χ2v) is 2.13. The van der Waals surface area contributed by atoms with Gasteiger partial charge in [-0.1, -0.05) is 6.08 Å².